The Balaban J connectivity index is 0.00000288. The summed E-state index contributed by atoms with van der Waals surface area (Å²) in [6.07, 6.45) is -0.0191. The molecule has 0 saturated heterocycles. The number of nitrogens with zero attached hydrogens (tertiary/aromatic N) is 3. The van der Waals surface area contributed by atoms with Crippen molar-refractivity contribution in [2.75, 3.05) is 7.05 Å². The molecule has 2 atom stereocenters. The van der Waals surface area contributed by atoms with Crippen LogP contribution in [0.5, 0.6) is 5.75 Å². The Labute approximate surface area is 150 Å². The Morgan fingerprint density at radius 1 is 1.46 bits per heavy atom. The lowest BCUT2D eigenvalue weighted by Gasteiger charge is -2.11. The topological polar surface area (TPSA) is 103 Å². The van der Waals surface area contributed by atoms with Gasteiger partial charge in [0, 0.05) is 23.6 Å². The Morgan fingerprint density at radius 3 is 2.79 bits per heavy atom. The van der Waals surface area contributed by atoms with E-state index in [1.165, 1.54) is 18.2 Å². The summed E-state index contributed by atoms with van der Waals surface area (Å²) in [6.45, 7) is 3.67. The molecule has 0 aliphatic heterocycles. The summed E-state index contributed by atoms with van der Waals surface area (Å²) in [5, 5.41) is 18.3. The van der Waals surface area contributed by atoms with Crippen molar-refractivity contribution in [3.8, 4) is 5.75 Å². The number of aromatic nitrogens is 2. The van der Waals surface area contributed by atoms with E-state index in [1.54, 1.807) is 6.92 Å². The summed E-state index contributed by atoms with van der Waals surface area (Å²) in [5.41, 5.74) is -0.215. The number of ether oxygens (including phenoxy) is 1. The first kappa shape index (κ1) is 20.1. The number of nitrogens with one attached hydrogen (secondary N) is 1. The van der Waals surface area contributed by atoms with Crippen molar-refractivity contribution in [2.45, 2.75) is 32.4 Å². The van der Waals surface area contributed by atoms with Crippen LogP contribution in [0.15, 0.2) is 22.7 Å². The lowest BCUT2D eigenvalue weighted by atomic mass is 10.2. The van der Waals surface area contributed by atoms with Crippen LogP contribution in [-0.4, -0.2) is 28.2 Å². The van der Waals surface area contributed by atoms with Gasteiger partial charge in [0.05, 0.1) is 4.92 Å². The first-order valence-electron chi connectivity index (χ1n) is 7.01. The summed E-state index contributed by atoms with van der Waals surface area (Å²) in [5.74, 6) is 0.894. The summed E-state index contributed by atoms with van der Waals surface area (Å²) < 4.78 is 10.7. The molecule has 132 valence electrons. The van der Waals surface area contributed by atoms with Gasteiger partial charge in [0.1, 0.15) is 0 Å². The van der Waals surface area contributed by atoms with E-state index in [0.29, 0.717) is 12.2 Å². The SMILES string of the molecule is CNC(C)Cc1noc(C(C)Oc2ccc(Cl)cc2[N+](=O)[O-])n1.Cl. The second-order valence-electron chi connectivity index (χ2n) is 5.07. The molecule has 0 aliphatic carbocycles. The van der Waals surface area contributed by atoms with E-state index in [9.17, 15) is 10.1 Å². The molecule has 0 spiro atoms. The summed E-state index contributed by atoms with van der Waals surface area (Å²) in [6, 6.07) is 4.40. The van der Waals surface area contributed by atoms with Gasteiger partial charge in [-0.2, -0.15) is 4.98 Å². The highest BCUT2D eigenvalue weighted by Crippen LogP contribution is 2.32. The number of halogens is 2. The quantitative estimate of drug-likeness (QED) is 0.583. The average molecular weight is 377 g/mol. The van der Waals surface area contributed by atoms with Crippen LogP contribution in [0.4, 0.5) is 5.69 Å². The van der Waals surface area contributed by atoms with Gasteiger partial charge in [0.2, 0.25) is 0 Å². The van der Waals surface area contributed by atoms with Crippen LogP contribution in [0.3, 0.4) is 0 Å². The fraction of sp³-hybridized carbons (Fsp3) is 0.429. The van der Waals surface area contributed by atoms with Crippen molar-refractivity contribution in [2.24, 2.45) is 0 Å². The molecule has 0 amide bonds. The van der Waals surface area contributed by atoms with Gasteiger partial charge in [-0.25, -0.2) is 0 Å². The zero-order valence-electron chi connectivity index (χ0n) is 13.4. The van der Waals surface area contributed by atoms with Crippen molar-refractivity contribution >= 4 is 29.7 Å². The van der Waals surface area contributed by atoms with Crippen LogP contribution in [0.25, 0.3) is 0 Å². The standard InChI is InChI=1S/C14H17ClN4O4.ClH/c1-8(16-3)6-13-17-14(23-18-13)9(2)22-12-5-4-10(15)7-11(12)19(20)21;/h4-5,7-9,16H,6H2,1-3H3;1H. The first-order valence-corrected chi connectivity index (χ1v) is 7.38. The fourth-order valence-electron chi connectivity index (χ4n) is 1.87. The molecule has 10 heteroatoms. The van der Waals surface area contributed by atoms with Crippen LogP contribution in [0, 0.1) is 10.1 Å². The third kappa shape index (κ3) is 5.05. The Morgan fingerprint density at radius 2 is 2.17 bits per heavy atom. The molecule has 0 radical (unpaired) electrons. The minimum Gasteiger partial charge on any atom is -0.474 e. The maximum atomic E-state index is 11.1. The minimum absolute atomic E-state index is 0. The lowest BCUT2D eigenvalue weighted by molar-refractivity contribution is -0.386. The van der Waals surface area contributed by atoms with E-state index < -0.39 is 11.0 Å². The number of rotatable bonds is 7. The predicted molar refractivity (Wildman–Crippen MR) is 90.9 cm³/mol. The molecule has 24 heavy (non-hydrogen) atoms. The number of hydrogen-bond donors (Lipinski definition) is 1. The molecule has 0 bridgehead atoms. The highest BCUT2D eigenvalue weighted by atomic mass is 35.5. The second kappa shape index (κ2) is 8.81. The normalized spacial score (nSPS) is 13.0. The smallest absolute Gasteiger partial charge is 0.312 e. The summed E-state index contributed by atoms with van der Waals surface area (Å²) in [7, 11) is 1.84. The highest BCUT2D eigenvalue weighted by molar-refractivity contribution is 6.30. The molecule has 1 N–H and O–H groups in total. The highest BCUT2D eigenvalue weighted by Gasteiger charge is 2.22. The van der Waals surface area contributed by atoms with E-state index in [1.807, 2.05) is 14.0 Å². The molecule has 0 fully saturated rings. The van der Waals surface area contributed by atoms with Gasteiger partial charge in [-0.05, 0) is 33.0 Å². The fourth-order valence-corrected chi connectivity index (χ4v) is 2.03. The Bertz CT molecular complexity index is 695. The van der Waals surface area contributed by atoms with Gasteiger partial charge in [-0.1, -0.05) is 16.8 Å². The number of nitro benzene ring substituents is 1. The van der Waals surface area contributed by atoms with Crippen LogP contribution < -0.4 is 10.1 Å². The lowest BCUT2D eigenvalue weighted by Crippen LogP contribution is -2.24. The molecular formula is C14H18Cl2N4O4. The third-order valence-corrected chi connectivity index (χ3v) is 3.47. The largest absolute Gasteiger partial charge is 0.474 e. The van der Waals surface area contributed by atoms with Crippen LogP contribution in [0.1, 0.15) is 31.7 Å². The summed E-state index contributed by atoms with van der Waals surface area (Å²) >= 11 is 5.77. The molecule has 0 saturated carbocycles. The number of likely N-dealkylation sites (N-methyl/N-ethyl adjacent to an activating group) is 1. The molecule has 1 aromatic heterocycles. The number of hydrogen-bond acceptors (Lipinski definition) is 7. The second-order valence-corrected chi connectivity index (χ2v) is 5.51. The van der Waals surface area contributed by atoms with E-state index in [0.717, 1.165) is 0 Å². The zero-order valence-corrected chi connectivity index (χ0v) is 14.9. The van der Waals surface area contributed by atoms with Crippen LogP contribution >= 0.6 is 24.0 Å². The molecule has 1 aromatic carbocycles. The molecule has 2 aromatic rings. The Kier molecular flexibility index (Phi) is 7.40. The predicted octanol–water partition coefficient (Wildman–Crippen LogP) is 3.34. The van der Waals surface area contributed by atoms with E-state index in [4.69, 9.17) is 20.9 Å². The first-order chi connectivity index (χ1) is 10.9. The van der Waals surface area contributed by atoms with E-state index in [-0.39, 0.29) is 40.8 Å². The monoisotopic (exact) mass is 376 g/mol. The molecule has 2 unspecified atom stereocenters. The summed E-state index contributed by atoms with van der Waals surface area (Å²) in [4.78, 5) is 14.8. The molecule has 1 heterocycles. The van der Waals surface area contributed by atoms with Gasteiger partial charge in [0.15, 0.2) is 17.7 Å². The minimum atomic E-state index is -0.624. The molecule has 8 nitrogen and oxygen atoms in total. The van der Waals surface area contributed by atoms with Crippen molar-refractivity contribution < 1.29 is 14.2 Å². The van der Waals surface area contributed by atoms with Crippen molar-refractivity contribution in [3.05, 3.63) is 45.1 Å². The van der Waals surface area contributed by atoms with Gasteiger partial charge in [-0.3, -0.25) is 10.1 Å². The molecule has 0 aliphatic rings. The number of nitro groups is 1. The molecule has 2 rings (SSSR count). The average Bonchev–Trinajstić information content (AvgIpc) is 2.97. The van der Waals surface area contributed by atoms with Gasteiger partial charge < -0.3 is 14.6 Å². The third-order valence-electron chi connectivity index (χ3n) is 3.23. The van der Waals surface area contributed by atoms with Gasteiger partial charge in [0.25, 0.3) is 5.89 Å². The van der Waals surface area contributed by atoms with Crippen molar-refractivity contribution in [3.63, 3.8) is 0 Å². The van der Waals surface area contributed by atoms with Crippen molar-refractivity contribution in [1.29, 1.82) is 0 Å². The zero-order chi connectivity index (χ0) is 17.0. The van der Waals surface area contributed by atoms with Gasteiger partial charge >= 0.3 is 5.69 Å². The van der Waals surface area contributed by atoms with Gasteiger partial charge in [-0.15, -0.1) is 12.4 Å². The molecular weight excluding hydrogens is 359 g/mol. The maximum absolute atomic E-state index is 11.1. The Hall–Kier alpha value is -1.90. The number of benzene rings is 1. The van der Waals surface area contributed by atoms with Crippen LogP contribution in [0.2, 0.25) is 5.02 Å². The van der Waals surface area contributed by atoms with Crippen molar-refractivity contribution in [1.82, 2.24) is 15.5 Å². The maximum Gasteiger partial charge on any atom is 0.312 e. The van der Waals surface area contributed by atoms with Crippen LogP contribution in [-0.2, 0) is 6.42 Å². The van der Waals surface area contributed by atoms with E-state index >= 15 is 0 Å². The van der Waals surface area contributed by atoms with E-state index in [2.05, 4.69) is 15.5 Å².